The number of rotatable bonds is 7. The van der Waals surface area contributed by atoms with Crippen LogP contribution in [0, 0.1) is 11.8 Å². The van der Waals surface area contributed by atoms with E-state index in [0.717, 1.165) is 11.8 Å². The molecule has 1 rings (SSSR count). The lowest BCUT2D eigenvalue weighted by Crippen LogP contribution is -2.16. The molecule has 0 aromatic rings. The molecular weight excluding hydrogens is 180 g/mol. The van der Waals surface area contributed by atoms with Crippen LogP contribution in [0.25, 0.3) is 0 Å². The summed E-state index contributed by atoms with van der Waals surface area (Å²) in [5.41, 5.74) is 0. The fourth-order valence-electron chi connectivity index (χ4n) is 2.89. The lowest BCUT2D eigenvalue weighted by atomic mass is 9.78. The minimum absolute atomic E-state index is 1.01. The lowest BCUT2D eigenvalue weighted by Gasteiger charge is -2.28. The van der Waals surface area contributed by atoms with Crippen LogP contribution in [0.15, 0.2) is 12.2 Å². The van der Waals surface area contributed by atoms with Gasteiger partial charge in [0.05, 0.1) is 0 Å². The molecule has 0 bridgehead atoms. The second kappa shape index (κ2) is 7.96. The van der Waals surface area contributed by atoms with Crippen LogP contribution >= 0.6 is 0 Å². The van der Waals surface area contributed by atoms with Crippen molar-refractivity contribution in [2.75, 3.05) is 0 Å². The Kier molecular flexibility index (Phi) is 6.80. The monoisotopic (exact) mass is 208 g/mol. The lowest BCUT2D eigenvalue weighted by molar-refractivity contribution is 0.265. The van der Waals surface area contributed by atoms with E-state index in [4.69, 9.17) is 0 Å². The van der Waals surface area contributed by atoms with Crippen LogP contribution < -0.4 is 0 Å². The first-order valence-electron chi connectivity index (χ1n) is 7.03. The Morgan fingerprint density at radius 3 is 2.53 bits per heavy atom. The van der Waals surface area contributed by atoms with Gasteiger partial charge in [0, 0.05) is 0 Å². The zero-order chi connectivity index (χ0) is 10.9. The largest absolute Gasteiger partial charge is 0.0885 e. The van der Waals surface area contributed by atoms with Gasteiger partial charge in [-0.05, 0) is 31.1 Å². The van der Waals surface area contributed by atoms with Gasteiger partial charge in [-0.3, -0.25) is 0 Å². The van der Waals surface area contributed by atoms with Crippen LogP contribution in [0.1, 0.15) is 71.6 Å². The molecule has 0 fully saturated rings. The summed E-state index contributed by atoms with van der Waals surface area (Å²) in [4.78, 5) is 0. The van der Waals surface area contributed by atoms with Gasteiger partial charge in [-0.25, -0.2) is 0 Å². The fourth-order valence-corrected chi connectivity index (χ4v) is 2.89. The van der Waals surface area contributed by atoms with E-state index >= 15 is 0 Å². The van der Waals surface area contributed by atoms with Crippen molar-refractivity contribution in [3.63, 3.8) is 0 Å². The minimum Gasteiger partial charge on any atom is -0.0885 e. The highest BCUT2D eigenvalue weighted by atomic mass is 14.3. The van der Waals surface area contributed by atoms with E-state index in [1.54, 1.807) is 0 Å². The van der Waals surface area contributed by atoms with Gasteiger partial charge in [0.1, 0.15) is 0 Å². The second-order valence-corrected chi connectivity index (χ2v) is 5.09. The van der Waals surface area contributed by atoms with Crippen molar-refractivity contribution >= 4 is 0 Å². The Hall–Kier alpha value is -0.260. The molecule has 0 heteroatoms. The topological polar surface area (TPSA) is 0 Å². The molecule has 0 saturated carbocycles. The average Bonchev–Trinajstić information content (AvgIpc) is 2.29. The van der Waals surface area contributed by atoms with Gasteiger partial charge in [0.15, 0.2) is 0 Å². The zero-order valence-electron chi connectivity index (χ0n) is 10.7. The Bertz CT molecular complexity index is 169. The molecule has 1 aliphatic rings. The number of unbranched alkanes of at least 4 members (excludes halogenated alkanes) is 2. The van der Waals surface area contributed by atoms with E-state index in [2.05, 4.69) is 26.0 Å². The van der Waals surface area contributed by atoms with Gasteiger partial charge in [-0.15, -0.1) is 0 Å². The predicted molar refractivity (Wildman–Crippen MR) is 69.0 cm³/mol. The van der Waals surface area contributed by atoms with Gasteiger partial charge in [-0.2, -0.15) is 0 Å². The molecule has 0 amide bonds. The molecular formula is C15H28. The van der Waals surface area contributed by atoms with Crippen molar-refractivity contribution in [3.05, 3.63) is 12.2 Å². The van der Waals surface area contributed by atoms with Gasteiger partial charge in [-0.1, -0.05) is 64.5 Å². The third-order valence-electron chi connectivity index (χ3n) is 3.81. The first kappa shape index (κ1) is 12.8. The van der Waals surface area contributed by atoms with Crippen LogP contribution in [-0.4, -0.2) is 0 Å². The summed E-state index contributed by atoms with van der Waals surface area (Å²) in [5, 5.41) is 0. The van der Waals surface area contributed by atoms with Gasteiger partial charge in [0.25, 0.3) is 0 Å². The maximum atomic E-state index is 2.41. The van der Waals surface area contributed by atoms with E-state index in [1.807, 2.05) is 0 Å². The minimum atomic E-state index is 1.01. The highest BCUT2D eigenvalue weighted by Gasteiger charge is 2.20. The molecule has 2 atom stereocenters. The smallest absolute Gasteiger partial charge is 0.0319 e. The zero-order valence-corrected chi connectivity index (χ0v) is 10.7. The summed E-state index contributed by atoms with van der Waals surface area (Å²) in [6, 6.07) is 0. The third-order valence-corrected chi connectivity index (χ3v) is 3.81. The first-order valence-corrected chi connectivity index (χ1v) is 7.03. The Morgan fingerprint density at radius 2 is 1.93 bits per heavy atom. The van der Waals surface area contributed by atoms with E-state index in [9.17, 15) is 0 Å². The van der Waals surface area contributed by atoms with E-state index in [-0.39, 0.29) is 0 Å². The molecule has 0 spiro atoms. The van der Waals surface area contributed by atoms with Gasteiger partial charge in [0.2, 0.25) is 0 Å². The normalized spacial score (nSPS) is 22.9. The number of allylic oxidation sites excluding steroid dienone is 2. The summed E-state index contributed by atoms with van der Waals surface area (Å²) >= 11 is 0. The second-order valence-electron chi connectivity index (χ2n) is 5.09. The third kappa shape index (κ3) is 4.86. The Balaban J connectivity index is 2.30. The molecule has 0 aromatic heterocycles. The summed E-state index contributed by atoms with van der Waals surface area (Å²) in [5.74, 6) is 2.03. The van der Waals surface area contributed by atoms with Crippen LogP contribution in [0.5, 0.6) is 0 Å². The maximum Gasteiger partial charge on any atom is -0.0319 e. The number of hydrogen-bond donors (Lipinski definition) is 0. The summed E-state index contributed by atoms with van der Waals surface area (Å²) in [6.07, 6.45) is 17.5. The van der Waals surface area contributed by atoms with E-state index < -0.39 is 0 Å². The quantitative estimate of drug-likeness (QED) is 0.391. The van der Waals surface area contributed by atoms with Crippen LogP contribution in [-0.2, 0) is 0 Å². The predicted octanol–water partition coefficient (Wildman–Crippen LogP) is 5.34. The molecule has 0 aliphatic heterocycles. The molecule has 0 N–H and O–H groups in total. The van der Waals surface area contributed by atoms with Crippen molar-refractivity contribution in [3.8, 4) is 0 Å². The van der Waals surface area contributed by atoms with Crippen molar-refractivity contribution < 1.29 is 0 Å². The Morgan fingerprint density at radius 1 is 1.07 bits per heavy atom. The highest BCUT2D eigenvalue weighted by Crippen LogP contribution is 2.32. The number of hydrogen-bond acceptors (Lipinski definition) is 0. The van der Waals surface area contributed by atoms with Gasteiger partial charge < -0.3 is 0 Å². The van der Waals surface area contributed by atoms with Crippen LogP contribution in [0.4, 0.5) is 0 Å². The standard InChI is InChI=1S/C15H28/c1-3-5-7-11-14(10-4-2)15-12-8-6-9-13-15/h6,8,14-15H,3-5,7,9-13H2,1-2H3. The van der Waals surface area contributed by atoms with Crippen molar-refractivity contribution in [2.45, 2.75) is 71.6 Å². The molecule has 0 saturated heterocycles. The van der Waals surface area contributed by atoms with E-state index in [1.165, 1.54) is 57.8 Å². The van der Waals surface area contributed by atoms with Crippen molar-refractivity contribution in [1.29, 1.82) is 0 Å². The van der Waals surface area contributed by atoms with Gasteiger partial charge >= 0.3 is 0 Å². The highest BCUT2D eigenvalue weighted by molar-refractivity contribution is 4.91. The van der Waals surface area contributed by atoms with Crippen LogP contribution in [0.3, 0.4) is 0 Å². The molecule has 0 aromatic carbocycles. The molecule has 0 heterocycles. The maximum absolute atomic E-state index is 2.41. The van der Waals surface area contributed by atoms with Crippen molar-refractivity contribution in [1.82, 2.24) is 0 Å². The van der Waals surface area contributed by atoms with Crippen molar-refractivity contribution in [2.24, 2.45) is 11.8 Å². The molecule has 0 radical (unpaired) electrons. The first-order chi connectivity index (χ1) is 7.38. The molecule has 15 heavy (non-hydrogen) atoms. The molecule has 1 aliphatic carbocycles. The average molecular weight is 208 g/mol. The summed E-state index contributed by atoms with van der Waals surface area (Å²) in [7, 11) is 0. The van der Waals surface area contributed by atoms with E-state index in [0.29, 0.717) is 0 Å². The summed E-state index contributed by atoms with van der Waals surface area (Å²) < 4.78 is 0. The Labute approximate surface area is 96.2 Å². The molecule has 88 valence electrons. The SMILES string of the molecule is CCCCCC(CCC)C1CC=CCC1. The summed E-state index contributed by atoms with van der Waals surface area (Å²) in [6.45, 7) is 4.64. The fraction of sp³-hybridized carbons (Fsp3) is 0.867. The van der Waals surface area contributed by atoms with Crippen LogP contribution in [0.2, 0.25) is 0 Å². The molecule has 0 nitrogen and oxygen atoms in total. The molecule has 2 unspecified atom stereocenters.